The van der Waals surface area contributed by atoms with Crippen LogP contribution in [0, 0.1) is 6.92 Å². The zero-order valence-electron chi connectivity index (χ0n) is 11.4. The monoisotopic (exact) mass is 295 g/mol. The summed E-state index contributed by atoms with van der Waals surface area (Å²) in [5.41, 5.74) is 1.33. The number of halogens is 1. The summed E-state index contributed by atoms with van der Waals surface area (Å²) in [5, 5.41) is 6.39. The van der Waals surface area contributed by atoms with Gasteiger partial charge in [0.05, 0.1) is 0 Å². The Bertz CT molecular complexity index is 511. The van der Waals surface area contributed by atoms with Crippen molar-refractivity contribution in [1.82, 2.24) is 10.2 Å². The van der Waals surface area contributed by atoms with Crippen LogP contribution in [-0.2, 0) is 9.59 Å². The number of hydrogen-bond donors (Lipinski definition) is 2. The smallest absolute Gasteiger partial charge is 0.313 e. The number of carbonyl (C=O) groups is 2. The van der Waals surface area contributed by atoms with Crippen LogP contribution in [0.1, 0.15) is 12.0 Å². The molecule has 20 heavy (non-hydrogen) atoms. The first-order valence-corrected chi connectivity index (χ1v) is 7.03. The van der Waals surface area contributed by atoms with Crippen LogP contribution in [0.15, 0.2) is 18.2 Å². The minimum Gasteiger partial charge on any atom is -0.333 e. The van der Waals surface area contributed by atoms with Crippen LogP contribution in [0.3, 0.4) is 0 Å². The predicted molar refractivity (Wildman–Crippen MR) is 78.9 cm³/mol. The molecule has 0 spiro atoms. The van der Waals surface area contributed by atoms with E-state index in [1.165, 1.54) is 0 Å². The zero-order chi connectivity index (χ0) is 14.5. The lowest BCUT2D eigenvalue weighted by Gasteiger charge is -2.19. The highest BCUT2D eigenvalue weighted by Crippen LogP contribution is 2.22. The lowest BCUT2D eigenvalue weighted by molar-refractivity contribution is -0.143. The van der Waals surface area contributed by atoms with Gasteiger partial charge in [-0.25, -0.2) is 0 Å². The highest BCUT2D eigenvalue weighted by molar-refractivity contribution is 6.40. The number of hydrogen-bond acceptors (Lipinski definition) is 3. The van der Waals surface area contributed by atoms with Gasteiger partial charge in [0.1, 0.15) is 0 Å². The first kappa shape index (κ1) is 14.8. The van der Waals surface area contributed by atoms with Crippen molar-refractivity contribution in [3.05, 3.63) is 28.8 Å². The lowest BCUT2D eigenvalue weighted by Crippen LogP contribution is -2.41. The average Bonchev–Trinajstić information content (AvgIpc) is 2.72. The molecule has 0 radical (unpaired) electrons. The van der Waals surface area contributed by atoms with Crippen molar-refractivity contribution in [2.45, 2.75) is 13.3 Å². The molecule has 1 aliphatic rings. The Hall–Kier alpha value is -1.59. The number of anilines is 1. The summed E-state index contributed by atoms with van der Waals surface area (Å²) >= 11 is 5.99. The molecule has 0 aromatic heterocycles. The molecule has 108 valence electrons. The van der Waals surface area contributed by atoms with E-state index in [0.717, 1.165) is 25.1 Å². The van der Waals surface area contributed by atoms with Gasteiger partial charge in [0.15, 0.2) is 0 Å². The van der Waals surface area contributed by atoms with Crippen LogP contribution in [-0.4, -0.2) is 42.9 Å². The number of benzene rings is 1. The van der Waals surface area contributed by atoms with E-state index in [2.05, 4.69) is 10.6 Å². The molecule has 1 saturated heterocycles. The van der Waals surface area contributed by atoms with E-state index in [-0.39, 0.29) is 0 Å². The van der Waals surface area contributed by atoms with Crippen molar-refractivity contribution >= 4 is 29.1 Å². The van der Waals surface area contributed by atoms with Crippen molar-refractivity contribution in [2.24, 2.45) is 0 Å². The molecular formula is C14H18ClN3O2. The molecule has 0 saturated carbocycles. The van der Waals surface area contributed by atoms with E-state index in [9.17, 15) is 9.59 Å². The van der Waals surface area contributed by atoms with E-state index in [4.69, 9.17) is 11.6 Å². The number of amides is 2. The van der Waals surface area contributed by atoms with Gasteiger partial charge >= 0.3 is 11.8 Å². The summed E-state index contributed by atoms with van der Waals surface area (Å²) in [6.07, 6.45) is 0.856. The maximum Gasteiger partial charge on any atom is 0.313 e. The number of nitrogens with one attached hydrogen (secondary N) is 2. The van der Waals surface area contributed by atoms with Gasteiger partial charge < -0.3 is 15.5 Å². The zero-order valence-corrected chi connectivity index (χ0v) is 12.2. The third kappa shape index (κ3) is 3.49. The second-order valence-corrected chi connectivity index (χ2v) is 5.17. The fraction of sp³-hybridized carbons (Fsp3) is 0.429. The average molecular weight is 296 g/mol. The van der Waals surface area contributed by atoms with Gasteiger partial charge in [0.2, 0.25) is 0 Å². The molecular weight excluding hydrogens is 278 g/mol. The first-order chi connectivity index (χ1) is 9.59. The van der Waals surface area contributed by atoms with Crippen LogP contribution in [0.4, 0.5) is 5.69 Å². The summed E-state index contributed by atoms with van der Waals surface area (Å²) in [5.74, 6) is -1.11. The molecule has 5 nitrogen and oxygen atoms in total. The molecule has 1 aliphatic heterocycles. The van der Waals surface area contributed by atoms with Gasteiger partial charge in [-0.1, -0.05) is 17.7 Å². The maximum absolute atomic E-state index is 12.1. The fourth-order valence-electron chi connectivity index (χ4n) is 2.11. The van der Waals surface area contributed by atoms with Crippen LogP contribution in [0.2, 0.25) is 5.02 Å². The first-order valence-electron chi connectivity index (χ1n) is 6.65. The van der Waals surface area contributed by atoms with Crippen molar-refractivity contribution < 1.29 is 9.59 Å². The van der Waals surface area contributed by atoms with Gasteiger partial charge in [0, 0.05) is 30.3 Å². The minimum atomic E-state index is -0.614. The third-order valence-electron chi connectivity index (χ3n) is 3.34. The molecule has 1 aromatic carbocycles. The topological polar surface area (TPSA) is 61.4 Å². The summed E-state index contributed by atoms with van der Waals surface area (Å²) in [4.78, 5) is 25.7. The van der Waals surface area contributed by atoms with Gasteiger partial charge in [-0.2, -0.15) is 0 Å². The molecule has 0 aliphatic carbocycles. The van der Waals surface area contributed by atoms with Gasteiger partial charge in [-0.15, -0.1) is 0 Å². The van der Waals surface area contributed by atoms with Crippen molar-refractivity contribution in [2.75, 3.05) is 31.5 Å². The number of rotatable bonds is 1. The summed E-state index contributed by atoms with van der Waals surface area (Å²) in [6, 6.07) is 5.22. The van der Waals surface area contributed by atoms with Crippen molar-refractivity contribution in [3.63, 3.8) is 0 Å². The van der Waals surface area contributed by atoms with Gasteiger partial charge in [-0.05, 0) is 37.6 Å². The molecule has 0 bridgehead atoms. The highest BCUT2D eigenvalue weighted by atomic mass is 35.5. The molecule has 1 fully saturated rings. The Balaban J connectivity index is 2.03. The van der Waals surface area contributed by atoms with E-state index < -0.39 is 11.8 Å². The van der Waals surface area contributed by atoms with E-state index in [1.54, 1.807) is 30.0 Å². The van der Waals surface area contributed by atoms with Gasteiger partial charge in [-0.3, -0.25) is 9.59 Å². The number of nitrogens with zero attached hydrogens (tertiary/aromatic N) is 1. The predicted octanol–water partition coefficient (Wildman–Crippen LogP) is 1.41. The van der Waals surface area contributed by atoms with Crippen molar-refractivity contribution in [1.29, 1.82) is 0 Å². The standard InChI is InChI=1S/C14H18ClN3O2/c1-10-11(15)4-2-5-12(10)17-13(19)14(20)18-8-3-6-16-7-9-18/h2,4-5,16H,3,6-9H2,1H3,(H,17,19). The Morgan fingerprint density at radius 2 is 2.10 bits per heavy atom. The van der Waals surface area contributed by atoms with Crippen LogP contribution in [0.5, 0.6) is 0 Å². The quantitative estimate of drug-likeness (QED) is 0.770. The largest absolute Gasteiger partial charge is 0.333 e. The fourth-order valence-corrected chi connectivity index (χ4v) is 2.29. The molecule has 0 atom stereocenters. The van der Waals surface area contributed by atoms with Crippen LogP contribution >= 0.6 is 11.6 Å². The SMILES string of the molecule is Cc1c(Cl)cccc1NC(=O)C(=O)N1CCCNCC1. The molecule has 6 heteroatoms. The molecule has 2 rings (SSSR count). The van der Waals surface area contributed by atoms with Crippen LogP contribution in [0.25, 0.3) is 0 Å². The summed E-state index contributed by atoms with van der Waals surface area (Å²) in [6.45, 7) is 4.56. The Morgan fingerprint density at radius 3 is 2.90 bits per heavy atom. The Labute approximate surface area is 123 Å². The molecule has 1 aromatic rings. The number of carbonyl (C=O) groups excluding carboxylic acids is 2. The van der Waals surface area contributed by atoms with Gasteiger partial charge in [0.25, 0.3) is 0 Å². The lowest BCUT2D eigenvalue weighted by atomic mass is 10.2. The molecule has 1 heterocycles. The summed E-state index contributed by atoms with van der Waals surface area (Å²) < 4.78 is 0. The van der Waals surface area contributed by atoms with Crippen molar-refractivity contribution in [3.8, 4) is 0 Å². The van der Waals surface area contributed by atoms with E-state index in [1.807, 2.05) is 0 Å². The van der Waals surface area contributed by atoms with E-state index in [0.29, 0.717) is 23.8 Å². The summed E-state index contributed by atoms with van der Waals surface area (Å²) in [7, 11) is 0. The van der Waals surface area contributed by atoms with Crippen LogP contribution < -0.4 is 10.6 Å². The molecule has 2 N–H and O–H groups in total. The minimum absolute atomic E-state index is 0.493. The Morgan fingerprint density at radius 1 is 1.30 bits per heavy atom. The second kappa shape index (κ2) is 6.72. The third-order valence-corrected chi connectivity index (χ3v) is 3.75. The maximum atomic E-state index is 12.1. The normalized spacial score (nSPS) is 15.6. The Kier molecular flexibility index (Phi) is 4.98. The molecule has 2 amide bonds. The van der Waals surface area contributed by atoms with E-state index >= 15 is 0 Å². The second-order valence-electron chi connectivity index (χ2n) is 4.76. The highest BCUT2D eigenvalue weighted by Gasteiger charge is 2.23. The molecule has 0 unspecified atom stereocenters.